The number of oxazole rings is 1. The van der Waals surface area contributed by atoms with Gasteiger partial charge < -0.3 is 14.3 Å². The van der Waals surface area contributed by atoms with Crippen LogP contribution in [-0.4, -0.2) is 15.6 Å². The molecule has 1 heterocycles. The highest BCUT2D eigenvalue weighted by atomic mass is 16.5. The summed E-state index contributed by atoms with van der Waals surface area (Å²) in [6.07, 6.45) is 0. The lowest BCUT2D eigenvalue weighted by molar-refractivity contribution is -0.132. The van der Waals surface area contributed by atoms with Gasteiger partial charge >= 0.3 is 11.7 Å². The number of hydrogen-bond donors (Lipinski definition) is 1. The summed E-state index contributed by atoms with van der Waals surface area (Å²) in [5.41, 5.74) is 2.92. The maximum Gasteiger partial charge on any atom is 0.420 e. The first kappa shape index (κ1) is 14.9. The minimum absolute atomic E-state index is 0.0621. The highest BCUT2D eigenvalue weighted by Crippen LogP contribution is 2.27. The molecule has 0 saturated heterocycles. The van der Waals surface area contributed by atoms with Crippen LogP contribution in [0, 0.1) is 6.92 Å². The minimum Gasteiger partial charge on any atom is -0.504 e. The average Bonchev–Trinajstić information content (AvgIpc) is 2.78. The van der Waals surface area contributed by atoms with Crippen LogP contribution in [0.3, 0.4) is 0 Å². The van der Waals surface area contributed by atoms with E-state index in [-0.39, 0.29) is 18.0 Å². The molecule has 0 atom stereocenters. The second kappa shape index (κ2) is 5.64. The van der Waals surface area contributed by atoms with Crippen LogP contribution in [-0.2, 0) is 11.3 Å². The summed E-state index contributed by atoms with van der Waals surface area (Å²) in [7, 11) is 0. The molecule has 0 bridgehead atoms. The molecule has 1 aromatic heterocycles. The van der Waals surface area contributed by atoms with Crippen LogP contribution in [0.5, 0.6) is 11.5 Å². The Hall–Kier alpha value is -3.02. The first-order valence-electron chi connectivity index (χ1n) is 7.04. The smallest absolute Gasteiger partial charge is 0.420 e. The van der Waals surface area contributed by atoms with Crippen LogP contribution in [0.1, 0.15) is 18.1 Å². The maximum absolute atomic E-state index is 12.0. The molecule has 0 aliphatic carbocycles. The van der Waals surface area contributed by atoms with Gasteiger partial charge in [0, 0.05) is 6.92 Å². The summed E-state index contributed by atoms with van der Waals surface area (Å²) in [6, 6.07) is 10.1. The van der Waals surface area contributed by atoms with Gasteiger partial charge in [0.05, 0.1) is 12.1 Å². The van der Waals surface area contributed by atoms with Crippen molar-refractivity contribution in [1.29, 1.82) is 0 Å². The SMILES string of the molecule is CC(=O)Oc1cc(Cn2c(=O)oc3ccc(C)cc32)ccc1O. The molecule has 118 valence electrons. The predicted octanol–water partition coefficient (Wildman–Crippen LogP) is 2.58. The number of aromatic nitrogens is 1. The van der Waals surface area contributed by atoms with Gasteiger partial charge in [0.1, 0.15) is 0 Å². The van der Waals surface area contributed by atoms with Crippen LogP contribution in [0.4, 0.5) is 0 Å². The number of benzene rings is 2. The van der Waals surface area contributed by atoms with E-state index in [1.54, 1.807) is 12.1 Å². The topological polar surface area (TPSA) is 81.7 Å². The number of esters is 1. The monoisotopic (exact) mass is 313 g/mol. The zero-order valence-electron chi connectivity index (χ0n) is 12.7. The number of rotatable bonds is 3. The molecule has 0 spiro atoms. The van der Waals surface area contributed by atoms with Gasteiger partial charge in [-0.1, -0.05) is 12.1 Å². The van der Waals surface area contributed by atoms with Crippen LogP contribution in [0.15, 0.2) is 45.6 Å². The number of nitrogens with zero attached hydrogens (tertiary/aromatic N) is 1. The summed E-state index contributed by atoms with van der Waals surface area (Å²) >= 11 is 0. The molecule has 6 nitrogen and oxygen atoms in total. The van der Waals surface area contributed by atoms with Gasteiger partial charge in [0.15, 0.2) is 17.1 Å². The van der Waals surface area contributed by atoms with Crippen LogP contribution in [0.2, 0.25) is 0 Å². The highest BCUT2D eigenvalue weighted by molar-refractivity contribution is 5.74. The second-order valence-electron chi connectivity index (χ2n) is 5.32. The molecule has 23 heavy (non-hydrogen) atoms. The Balaban J connectivity index is 2.02. The molecule has 3 aromatic rings. The number of phenolic OH excluding ortho intramolecular Hbond substituents is 1. The molecule has 0 unspecified atom stereocenters. The van der Waals surface area contributed by atoms with Crippen molar-refractivity contribution in [3.63, 3.8) is 0 Å². The molecular weight excluding hydrogens is 298 g/mol. The van der Waals surface area contributed by atoms with Crippen LogP contribution in [0.25, 0.3) is 11.1 Å². The van der Waals surface area contributed by atoms with Gasteiger partial charge in [-0.15, -0.1) is 0 Å². The molecule has 0 fully saturated rings. The summed E-state index contributed by atoms with van der Waals surface area (Å²) in [5.74, 6) is -1.07. The standard InChI is InChI=1S/C17H15NO5/c1-10-3-6-15-13(7-10)18(17(21)23-15)9-12-4-5-14(20)16(8-12)22-11(2)19/h3-8,20H,9H2,1-2H3. The Morgan fingerprint density at radius 3 is 2.78 bits per heavy atom. The van der Waals surface area contributed by atoms with Crippen molar-refractivity contribution in [2.24, 2.45) is 0 Å². The van der Waals surface area contributed by atoms with Crippen molar-refractivity contribution in [3.8, 4) is 11.5 Å². The van der Waals surface area contributed by atoms with E-state index in [1.807, 2.05) is 19.1 Å². The Morgan fingerprint density at radius 2 is 2.04 bits per heavy atom. The number of phenols is 1. The maximum atomic E-state index is 12.0. The fraction of sp³-hybridized carbons (Fsp3) is 0.176. The summed E-state index contributed by atoms with van der Waals surface area (Å²) in [5, 5.41) is 9.71. The third kappa shape index (κ3) is 2.96. The molecule has 3 rings (SSSR count). The van der Waals surface area contributed by atoms with Gasteiger partial charge in [-0.25, -0.2) is 4.79 Å². The lowest BCUT2D eigenvalue weighted by Gasteiger charge is -2.08. The molecule has 0 saturated carbocycles. The van der Waals surface area contributed by atoms with E-state index in [0.29, 0.717) is 16.7 Å². The quantitative estimate of drug-likeness (QED) is 0.593. The lowest BCUT2D eigenvalue weighted by Crippen LogP contribution is -2.15. The van der Waals surface area contributed by atoms with Crippen molar-refractivity contribution in [2.75, 3.05) is 0 Å². The minimum atomic E-state index is -0.529. The number of hydrogen-bond acceptors (Lipinski definition) is 5. The van der Waals surface area contributed by atoms with E-state index in [0.717, 1.165) is 5.56 Å². The Kier molecular flexibility index (Phi) is 3.65. The van der Waals surface area contributed by atoms with Crippen molar-refractivity contribution in [2.45, 2.75) is 20.4 Å². The molecule has 0 aliphatic heterocycles. The summed E-state index contributed by atoms with van der Waals surface area (Å²) in [4.78, 5) is 23.1. The van der Waals surface area contributed by atoms with Gasteiger partial charge in [0.2, 0.25) is 0 Å². The fourth-order valence-corrected chi connectivity index (χ4v) is 2.40. The molecular formula is C17H15NO5. The third-order valence-electron chi connectivity index (χ3n) is 3.44. The van der Waals surface area contributed by atoms with Crippen molar-refractivity contribution < 1.29 is 19.1 Å². The molecule has 1 N–H and O–H groups in total. The first-order chi connectivity index (χ1) is 10.9. The van der Waals surface area contributed by atoms with E-state index in [4.69, 9.17) is 9.15 Å². The van der Waals surface area contributed by atoms with E-state index in [1.165, 1.54) is 23.6 Å². The summed E-state index contributed by atoms with van der Waals surface area (Å²) in [6.45, 7) is 3.42. The Labute approximate surface area is 131 Å². The van der Waals surface area contributed by atoms with Crippen molar-refractivity contribution in [1.82, 2.24) is 4.57 Å². The number of aryl methyl sites for hydroxylation is 1. The number of ether oxygens (including phenoxy) is 1. The average molecular weight is 313 g/mol. The Morgan fingerprint density at radius 1 is 1.26 bits per heavy atom. The zero-order valence-corrected chi connectivity index (χ0v) is 12.7. The first-order valence-corrected chi connectivity index (χ1v) is 7.04. The van der Waals surface area contributed by atoms with Crippen LogP contribution < -0.4 is 10.5 Å². The molecule has 0 aliphatic rings. The molecule has 2 aromatic carbocycles. The van der Waals surface area contributed by atoms with Gasteiger partial charge in [-0.05, 0) is 42.3 Å². The van der Waals surface area contributed by atoms with E-state index < -0.39 is 11.7 Å². The van der Waals surface area contributed by atoms with Crippen molar-refractivity contribution in [3.05, 3.63) is 58.1 Å². The number of aromatic hydroxyl groups is 1. The lowest BCUT2D eigenvalue weighted by atomic mass is 10.2. The van der Waals surface area contributed by atoms with E-state index in [2.05, 4.69) is 0 Å². The number of carbonyl (C=O) groups is 1. The van der Waals surface area contributed by atoms with Gasteiger partial charge in [-0.2, -0.15) is 0 Å². The van der Waals surface area contributed by atoms with Gasteiger partial charge in [-0.3, -0.25) is 9.36 Å². The second-order valence-corrected chi connectivity index (χ2v) is 5.32. The predicted molar refractivity (Wildman–Crippen MR) is 83.7 cm³/mol. The number of fused-ring (bicyclic) bond motifs is 1. The third-order valence-corrected chi connectivity index (χ3v) is 3.44. The van der Waals surface area contributed by atoms with E-state index in [9.17, 15) is 14.7 Å². The zero-order chi connectivity index (χ0) is 16.6. The number of carbonyl (C=O) groups excluding carboxylic acids is 1. The molecule has 0 radical (unpaired) electrons. The fourth-order valence-electron chi connectivity index (χ4n) is 2.40. The normalized spacial score (nSPS) is 10.9. The van der Waals surface area contributed by atoms with Gasteiger partial charge in [0.25, 0.3) is 0 Å². The largest absolute Gasteiger partial charge is 0.504 e. The highest BCUT2D eigenvalue weighted by Gasteiger charge is 2.12. The molecule has 0 amide bonds. The van der Waals surface area contributed by atoms with E-state index >= 15 is 0 Å². The summed E-state index contributed by atoms with van der Waals surface area (Å²) < 4.78 is 11.7. The Bertz CT molecular complexity index is 951. The van der Waals surface area contributed by atoms with Crippen molar-refractivity contribution >= 4 is 17.1 Å². The molecule has 6 heteroatoms. The van der Waals surface area contributed by atoms with Crippen LogP contribution >= 0.6 is 0 Å².